The number of benzene rings is 1. The van der Waals surface area contributed by atoms with Crippen molar-refractivity contribution in [3.63, 3.8) is 0 Å². The van der Waals surface area contributed by atoms with Crippen molar-refractivity contribution in [1.29, 1.82) is 0 Å². The summed E-state index contributed by atoms with van der Waals surface area (Å²) in [4.78, 5) is 20.0. The molecular formula is C16H13BrN6O2. The van der Waals surface area contributed by atoms with Crippen LogP contribution in [0.15, 0.2) is 41.3 Å². The van der Waals surface area contributed by atoms with Gasteiger partial charge in [0.2, 0.25) is 4.73 Å². The van der Waals surface area contributed by atoms with Gasteiger partial charge in [-0.05, 0) is 40.2 Å². The van der Waals surface area contributed by atoms with Crippen LogP contribution in [0.25, 0.3) is 16.7 Å². The number of nitrogens with zero attached hydrogens (tertiary/aromatic N) is 4. The van der Waals surface area contributed by atoms with Gasteiger partial charge in [0.05, 0.1) is 16.6 Å². The summed E-state index contributed by atoms with van der Waals surface area (Å²) in [6, 6.07) is 8.43. The average Bonchev–Trinajstić information content (AvgIpc) is 3.17. The van der Waals surface area contributed by atoms with Gasteiger partial charge >= 0.3 is 0 Å². The van der Waals surface area contributed by atoms with Crippen LogP contribution >= 0.6 is 15.9 Å². The maximum absolute atomic E-state index is 12.4. The number of hydrogen-bond acceptors (Lipinski definition) is 5. The summed E-state index contributed by atoms with van der Waals surface area (Å²) in [7, 11) is 0. The highest BCUT2D eigenvalue weighted by Gasteiger charge is 2.14. The topological polar surface area (TPSA) is 108 Å². The maximum Gasteiger partial charge on any atom is 0.255 e. The summed E-state index contributed by atoms with van der Waals surface area (Å²) in [5.74, 6) is 0.690. The predicted molar refractivity (Wildman–Crippen MR) is 94.5 cm³/mol. The molecule has 0 aliphatic carbocycles. The summed E-state index contributed by atoms with van der Waals surface area (Å²) in [6.45, 7) is 0.418. The molecule has 0 aliphatic heterocycles. The smallest absolute Gasteiger partial charge is 0.255 e. The van der Waals surface area contributed by atoms with Gasteiger partial charge in [-0.25, -0.2) is 4.98 Å². The Morgan fingerprint density at radius 3 is 3.08 bits per heavy atom. The molecule has 0 aliphatic rings. The first-order chi connectivity index (χ1) is 12.1. The molecule has 0 atom stereocenters. The lowest BCUT2D eigenvalue weighted by molar-refractivity contribution is 0.0955. The second-order valence-corrected chi connectivity index (χ2v) is 6.18. The minimum Gasteiger partial charge on any atom is -0.508 e. The minimum absolute atomic E-state index is 0.173. The van der Waals surface area contributed by atoms with E-state index < -0.39 is 0 Å². The van der Waals surface area contributed by atoms with Gasteiger partial charge in [-0.3, -0.25) is 9.20 Å². The summed E-state index contributed by atoms with van der Waals surface area (Å²) in [5, 5.41) is 20.3. The third-order valence-corrected chi connectivity index (χ3v) is 4.34. The molecule has 9 heteroatoms. The molecule has 1 amide bonds. The fourth-order valence-corrected chi connectivity index (χ4v) is 2.99. The zero-order valence-corrected chi connectivity index (χ0v) is 14.5. The zero-order valence-electron chi connectivity index (χ0n) is 12.9. The number of phenolic OH excluding ortho intramolecular Hbond substituents is 1. The van der Waals surface area contributed by atoms with Crippen molar-refractivity contribution in [1.82, 2.24) is 29.9 Å². The average molecular weight is 401 g/mol. The van der Waals surface area contributed by atoms with Crippen LogP contribution in [0.4, 0.5) is 0 Å². The number of halogens is 1. The van der Waals surface area contributed by atoms with Crippen molar-refractivity contribution in [2.75, 3.05) is 6.54 Å². The van der Waals surface area contributed by atoms with E-state index in [1.54, 1.807) is 40.9 Å². The van der Waals surface area contributed by atoms with E-state index in [9.17, 15) is 9.90 Å². The fourth-order valence-electron chi connectivity index (χ4n) is 2.62. The van der Waals surface area contributed by atoms with E-state index >= 15 is 0 Å². The molecule has 0 radical (unpaired) electrons. The van der Waals surface area contributed by atoms with E-state index in [0.29, 0.717) is 34.4 Å². The second kappa shape index (κ2) is 6.17. The number of H-pyrrole nitrogens is 1. The van der Waals surface area contributed by atoms with Crippen molar-refractivity contribution in [2.24, 2.45) is 0 Å². The third-order valence-electron chi connectivity index (χ3n) is 3.80. The number of rotatable bonds is 4. The van der Waals surface area contributed by atoms with Gasteiger partial charge in [0, 0.05) is 25.2 Å². The van der Waals surface area contributed by atoms with Crippen molar-refractivity contribution in [3.8, 4) is 5.75 Å². The molecule has 0 bridgehead atoms. The summed E-state index contributed by atoms with van der Waals surface area (Å²) < 4.78 is 2.24. The fraction of sp³-hybridized carbons (Fsp3) is 0.125. The number of aromatic nitrogens is 5. The Hall–Kier alpha value is -2.94. The Kier molecular flexibility index (Phi) is 3.85. The number of fused-ring (bicyclic) bond motifs is 2. The summed E-state index contributed by atoms with van der Waals surface area (Å²) in [5.41, 5.74) is 2.48. The van der Waals surface area contributed by atoms with Gasteiger partial charge in [0.1, 0.15) is 11.6 Å². The predicted octanol–water partition coefficient (Wildman–Crippen LogP) is 2.05. The molecule has 1 aromatic carbocycles. The lowest BCUT2D eigenvalue weighted by Gasteiger charge is -2.05. The lowest BCUT2D eigenvalue weighted by atomic mass is 10.2. The standard InChI is InChI=1S/C16H13BrN6O2/c17-16-22-21-14-10(2-1-7-23(14)16)15(25)18-6-5-13-19-11-4-3-9(24)8-12(11)20-13/h1-4,7-8,24H,5-6H2,(H,18,25)(H,19,20). The minimum atomic E-state index is -0.223. The monoisotopic (exact) mass is 400 g/mol. The van der Waals surface area contributed by atoms with Crippen molar-refractivity contribution in [3.05, 3.63) is 52.7 Å². The Labute approximate surface area is 150 Å². The summed E-state index contributed by atoms with van der Waals surface area (Å²) in [6.07, 6.45) is 2.32. The highest BCUT2D eigenvalue weighted by molar-refractivity contribution is 9.10. The number of amides is 1. The van der Waals surface area contributed by atoms with Crippen molar-refractivity contribution >= 4 is 38.5 Å². The normalized spacial score (nSPS) is 11.2. The SMILES string of the molecule is O=C(NCCc1nc2cc(O)ccc2[nH]1)c1cccn2c(Br)nnc12. The number of nitrogens with one attached hydrogen (secondary N) is 2. The molecule has 3 aromatic heterocycles. The molecule has 0 unspecified atom stereocenters. The van der Waals surface area contributed by atoms with E-state index in [0.717, 1.165) is 11.3 Å². The van der Waals surface area contributed by atoms with Crippen molar-refractivity contribution < 1.29 is 9.90 Å². The Morgan fingerprint density at radius 1 is 1.32 bits per heavy atom. The molecule has 3 heterocycles. The lowest BCUT2D eigenvalue weighted by Crippen LogP contribution is -2.26. The number of carbonyl (C=O) groups is 1. The molecule has 0 spiro atoms. The van der Waals surface area contributed by atoms with E-state index in [4.69, 9.17) is 0 Å². The van der Waals surface area contributed by atoms with E-state index in [1.165, 1.54) is 0 Å². The van der Waals surface area contributed by atoms with Gasteiger partial charge in [-0.2, -0.15) is 0 Å². The second-order valence-electron chi connectivity index (χ2n) is 5.48. The Bertz CT molecular complexity index is 1090. The first-order valence-electron chi connectivity index (χ1n) is 7.57. The van der Waals surface area contributed by atoms with E-state index in [1.807, 2.05) is 0 Å². The van der Waals surface area contributed by atoms with Gasteiger partial charge in [0.25, 0.3) is 5.91 Å². The van der Waals surface area contributed by atoms with Gasteiger partial charge < -0.3 is 15.4 Å². The molecule has 0 saturated heterocycles. The van der Waals surface area contributed by atoms with Crippen molar-refractivity contribution in [2.45, 2.75) is 6.42 Å². The maximum atomic E-state index is 12.4. The number of hydrogen-bond donors (Lipinski definition) is 3. The molecule has 3 N–H and O–H groups in total. The Balaban J connectivity index is 1.46. The van der Waals surface area contributed by atoms with Gasteiger partial charge in [0.15, 0.2) is 5.65 Å². The number of phenols is 1. The number of aromatic hydroxyl groups is 1. The molecule has 126 valence electrons. The number of carbonyl (C=O) groups excluding carboxylic acids is 1. The first kappa shape index (κ1) is 15.6. The largest absolute Gasteiger partial charge is 0.508 e. The molecular weight excluding hydrogens is 388 g/mol. The van der Waals surface area contributed by atoms with Gasteiger partial charge in [-0.15, -0.1) is 10.2 Å². The number of aromatic amines is 1. The van der Waals surface area contributed by atoms with E-state index in [2.05, 4.69) is 41.4 Å². The highest BCUT2D eigenvalue weighted by Crippen LogP contribution is 2.18. The van der Waals surface area contributed by atoms with Crippen LogP contribution in [-0.4, -0.2) is 42.1 Å². The van der Waals surface area contributed by atoms with Crippen LogP contribution in [-0.2, 0) is 6.42 Å². The number of pyridine rings is 1. The van der Waals surface area contributed by atoms with Crippen LogP contribution in [0.3, 0.4) is 0 Å². The van der Waals surface area contributed by atoms with Gasteiger partial charge in [-0.1, -0.05) is 0 Å². The molecule has 4 aromatic rings. The van der Waals surface area contributed by atoms with Crippen LogP contribution in [0.1, 0.15) is 16.2 Å². The van der Waals surface area contributed by atoms with Crippen LogP contribution in [0.5, 0.6) is 5.75 Å². The summed E-state index contributed by atoms with van der Waals surface area (Å²) >= 11 is 3.28. The molecule has 8 nitrogen and oxygen atoms in total. The Morgan fingerprint density at radius 2 is 2.20 bits per heavy atom. The van der Waals surface area contributed by atoms with Crippen LogP contribution < -0.4 is 5.32 Å². The quantitative estimate of drug-likeness (QED) is 0.485. The first-order valence-corrected chi connectivity index (χ1v) is 8.36. The molecule has 0 saturated carbocycles. The highest BCUT2D eigenvalue weighted by atomic mass is 79.9. The van der Waals surface area contributed by atoms with Crippen LogP contribution in [0, 0.1) is 0 Å². The third kappa shape index (κ3) is 2.93. The molecule has 0 fully saturated rings. The molecule has 25 heavy (non-hydrogen) atoms. The zero-order chi connectivity index (χ0) is 17.4. The van der Waals surface area contributed by atoms with Crippen LogP contribution in [0.2, 0.25) is 0 Å². The molecule has 4 rings (SSSR count). The van der Waals surface area contributed by atoms with E-state index in [-0.39, 0.29) is 11.7 Å². The number of imidazole rings is 1.